The first-order chi connectivity index (χ1) is 9.07. The molecule has 1 aromatic heterocycles. The van der Waals surface area contributed by atoms with Crippen LogP contribution in [0.2, 0.25) is 0 Å². The molecule has 6 nitrogen and oxygen atoms in total. The van der Waals surface area contributed by atoms with Gasteiger partial charge in [0.05, 0.1) is 12.2 Å². The van der Waals surface area contributed by atoms with Crippen molar-refractivity contribution in [3.8, 4) is 0 Å². The Morgan fingerprint density at radius 1 is 1.47 bits per heavy atom. The number of aromatic amines is 1. The number of hydrogen-bond donors (Lipinski definition) is 2. The first kappa shape index (κ1) is 12.6. The maximum atomic E-state index is 12.6. The summed E-state index contributed by atoms with van der Waals surface area (Å²) in [7, 11) is 0. The number of rotatable bonds is 1. The maximum absolute atomic E-state index is 12.6. The van der Waals surface area contributed by atoms with Gasteiger partial charge in [-0.05, 0) is 13.8 Å². The normalized spacial score (nSPS) is 22.1. The summed E-state index contributed by atoms with van der Waals surface area (Å²) in [4.78, 5) is 14.4. The topological polar surface area (TPSA) is 70.2 Å². The second kappa shape index (κ2) is 4.61. The molecule has 1 fully saturated rings. The van der Waals surface area contributed by atoms with Gasteiger partial charge in [0.25, 0.3) is 5.91 Å². The van der Waals surface area contributed by atoms with E-state index in [9.17, 15) is 4.79 Å². The molecule has 0 spiro atoms. The molecule has 1 saturated heterocycles. The van der Waals surface area contributed by atoms with Crippen LogP contribution in [0, 0.1) is 0 Å². The minimum Gasteiger partial charge on any atom is -0.372 e. The van der Waals surface area contributed by atoms with Gasteiger partial charge in [-0.3, -0.25) is 9.89 Å². The summed E-state index contributed by atoms with van der Waals surface area (Å²) < 4.78 is 5.64. The van der Waals surface area contributed by atoms with E-state index < -0.39 is 0 Å². The van der Waals surface area contributed by atoms with Gasteiger partial charge in [0.15, 0.2) is 5.69 Å². The van der Waals surface area contributed by atoms with Crippen molar-refractivity contribution in [2.75, 3.05) is 26.2 Å². The number of carbonyl (C=O) groups is 1. The predicted molar refractivity (Wildman–Crippen MR) is 69.9 cm³/mol. The zero-order chi connectivity index (χ0) is 13.5. The number of ether oxygens (including phenoxy) is 1. The van der Waals surface area contributed by atoms with Crippen LogP contribution in [0.1, 0.15) is 35.6 Å². The fraction of sp³-hybridized carbons (Fsp3) is 0.692. The minimum absolute atomic E-state index is 0.0116. The quantitative estimate of drug-likeness (QED) is 0.765. The van der Waals surface area contributed by atoms with Crippen LogP contribution >= 0.6 is 0 Å². The van der Waals surface area contributed by atoms with Gasteiger partial charge in [0, 0.05) is 43.9 Å². The van der Waals surface area contributed by atoms with Crippen LogP contribution < -0.4 is 5.32 Å². The summed E-state index contributed by atoms with van der Waals surface area (Å²) >= 11 is 0. The minimum atomic E-state index is -0.275. The van der Waals surface area contributed by atoms with Gasteiger partial charge in [0.1, 0.15) is 0 Å². The maximum Gasteiger partial charge on any atom is 0.274 e. The van der Waals surface area contributed by atoms with Gasteiger partial charge in [0.2, 0.25) is 0 Å². The van der Waals surface area contributed by atoms with Crippen LogP contribution in [0.5, 0.6) is 0 Å². The highest BCUT2D eigenvalue weighted by molar-refractivity contribution is 5.94. The van der Waals surface area contributed by atoms with Crippen LogP contribution in [0.3, 0.4) is 0 Å². The number of morpholine rings is 1. The summed E-state index contributed by atoms with van der Waals surface area (Å²) in [5.74, 6) is 0.0116. The van der Waals surface area contributed by atoms with Crippen LogP contribution in [0.15, 0.2) is 0 Å². The van der Waals surface area contributed by atoms with Crippen molar-refractivity contribution < 1.29 is 9.53 Å². The number of H-pyrrole nitrogens is 1. The summed E-state index contributed by atoms with van der Waals surface area (Å²) in [6.07, 6.45) is 0.907. The lowest BCUT2D eigenvalue weighted by atomic mass is 10.0. The smallest absolute Gasteiger partial charge is 0.274 e. The van der Waals surface area contributed by atoms with Crippen molar-refractivity contribution in [1.29, 1.82) is 0 Å². The number of hydrogen-bond acceptors (Lipinski definition) is 4. The number of aromatic nitrogens is 2. The predicted octanol–water partition coefficient (Wildman–Crippen LogP) is 0.306. The van der Waals surface area contributed by atoms with Crippen LogP contribution in [-0.4, -0.2) is 52.8 Å². The first-order valence-electron chi connectivity index (χ1n) is 6.77. The van der Waals surface area contributed by atoms with Crippen molar-refractivity contribution >= 4 is 5.91 Å². The molecule has 0 atom stereocenters. The van der Waals surface area contributed by atoms with Gasteiger partial charge in [-0.1, -0.05) is 0 Å². The molecule has 0 aromatic carbocycles. The monoisotopic (exact) mass is 264 g/mol. The van der Waals surface area contributed by atoms with E-state index >= 15 is 0 Å². The van der Waals surface area contributed by atoms with Crippen LogP contribution in [-0.2, 0) is 17.7 Å². The van der Waals surface area contributed by atoms with Gasteiger partial charge < -0.3 is 15.0 Å². The molecular formula is C13H20N4O2. The Morgan fingerprint density at radius 2 is 2.32 bits per heavy atom. The average molecular weight is 264 g/mol. The van der Waals surface area contributed by atoms with E-state index in [0.717, 1.165) is 30.8 Å². The van der Waals surface area contributed by atoms with Crippen molar-refractivity contribution in [1.82, 2.24) is 20.4 Å². The summed E-state index contributed by atoms with van der Waals surface area (Å²) in [5, 5.41) is 10.5. The van der Waals surface area contributed by atoms with Gasteiger partial charge in [-0.2, -0.15) is 5.10 Å². The van der Waals surface area contributed by atoms with Crippen LogP contribution in [0.4, 0.5) is 0 Å². The van der Waals surface area contributed by atoms with E-state index in [4.69, 9.17) is 4.74 Å². The summed E-state index contributed by atoms with van der Waals surface area (Å²) in [6, 6.07) is 0. The molecule has 6 heteroatoms. The highest BCUT2D eigenvalue weighted by Crippen LogP contribution is 2.21. The van der Waals surface area contributed by atoms with Crippen molar-refractivity contribution in [2.24, 2.45) is 0 Å². The fourth-order valence-electron chi connectivity index (χ4n) is 2.74. The Hall–Kier alpha value is -1.40. The fourth-order valence-corrected chi connectivity index (χ4v) is 2.74. The number of nitrogens with zero attached hydrogens (tertiary/aromatic N) is 2. The molecule has 3 heterocycles. The molecular weight excluding hydrogens is 244 g/mol. The molecule has 19 heavy (non-hydrogen) atoms. The lowest BCUT2D eigenvalue weighted by Gasteiger charge is -2.38. The molecule has 0 aliphatic carbocycles. The third-order valence-electron chi connectivity index (χ3n) is 3.72. The second-order valence-corrected chi connectivity index (χ2v) is 5.79. The molecule has 0 bridgehead atoms. The highest BCUT2D eigenvalue weighted by Gasteiger charge is 2.33. The number of carbonyl (C=O) groups excluding carboxylic acids is 1. The van der Waals surface area contributed by atoms with E-state index in [1.54, 1.807) is 0 Å². The standard InChI is InChI=1S/C13H20N4O2/c1-13(2)8-17(5-6-19-13)12(18)11-9-7-14-4-3-10(9)15-16-11/h14H,3-8H2,1-2H3,(H,15,16). The molecule has 0 unspecified atom stereocenters. The molecule has 104 valence electrons. The molecule has 3 rings (SSSR count). The third kappa shape index (κ3) is 2.37. The van der Waals surface area contributed by atoms with Crippen molar-refractivity contribution in [2.45, 2.75) is 32.4 Å². The Kier molecular flexibility index (Phi) is 3.06. The molecule has 2 aliphatic heterocycles. The molecule has 2 aliphatic rings. The number of amides is 1. The largest absolute Gasteiger partial charge is 0.372 e. The Balaban J connectivity index is 1.82. The average Bonchev–Trinajstić information content (AvgIpc) is 2.80. The van der Waals surface area contributed by atoms with E-state index in [2.05, 4.69) is 15.5 Å². The first-order valence-corrected chi connectivity index (χ1v) is 6.77. The molecule has 0 saturated carbocycles. The second-order valence-electron chi connectivity index (χ2n) is 5.79. The highest BCUT2D eigenvalue weighted by atomic mass is 16.5. The van der Waals surface area contributed by atoms with Crippen molar-refractivity contribution in [3.05, 3.63) is 17.0 Å². The summed E-state index contributed by atoms with van der Waals surface area (Å²) in [6.45, 7) is 7.51. The summed E-state index contributed by atoms with van der Waals surface area (Å²) in [5.41, 5.74) is 2.41. The zero-order valence-corrected chi connectivity index (χ0v) is 11.5. The molecule has 1 amide bonds. The Morgan fingerprint density at radius 3 is 3.11 bits per heavy atom. The third-order valence-corrected chi connectivity index (χ3v) is 3.72. The van der Waals surface area contributed by atoms with Crippen molar-refractivity contribution in [3.63, 3.8) is 0 Å². The number of fused-ring (bicyclic) bond motifs is 1. The number of nitrogens with one attached hydrogen (secondary N) is 2. The molecule has 1 aromatic rings. The van der Waals surface area contributed by atoms with Gasteiger partial charge in [-0.15, -0.1) is 0 Å². The lowest BCUT2D eigenvalue weighted by molar-refractivity contribution is -0.0765. The lowest BCUT2D eigenvalue weighted by Crippen LogP contribution is -2.50. The molecule has 0 radical (unpaired) electrons. The Bertz CT molecular complexity index is 495. The zero-order valence-electron chi connectivity index (χ0n) is 11.5. The van der Waals surface area contributed by atoms with E-state index in [1.165, 1.54) is 0 Å². The van der Waals surface area contributed by atoms with Gasteiger partial charge in [-0.25, -0.2) is 0 Å². The molecule has 2 N–H and O–H groups in total. The Labute approximate surface area is 112 Å². The SMILES string of the molecule is CC1(C)CN(C(=O)c2n[nH]c3c2CNCC3)CCO1. The van der Waals surface area contributed by atoms with Crippen LogP contribution in [0.25, 0.3) is 0 Å². The van der Waals surface area contributed by atoms with E-state index in [0.29, 0.717) is 25.4 Å². The van der Waals surface area contributed by atoms with E-state index in [1.807, 2.05) is 18.7 Å². The van der Waals surface area contributed by atoms with Gasteiger partial charge >= 0.3 is 0 Å². The van der Waals surface area contributed by atoms with E-state index in [-0.39, 0.29) is 11.5 Å².